The number of carbonyl (C=O) groups is 1. The van der Waals surface area contributed by atoms with Crippen molar-refractivity contribution in [2.24, 2.45) is 0 Å². The highest BCUT2D eigenvalue weighted by molar-refractivity contribution is 6.17. The summed E-state index contributed by atoms with van der Waals surface area (Å²) < 4.78 is 5.56. The second kappa shape index (κ2) is 7.71. The van der Waals surface area contributed by atoms with E-state index >= 15 is 0 Å². The van der Waals surface area contributed by atoms with E-state index in [1.807, 2.05) is 26.8 Å². The minimum absolute atomic E-state index is 0.128. The van der Waals surface area contributed by atoms with Crippen LogP contribution in [0.5, 0.6) is 0 Å². The summed E-state index contributed by atoms with van der Waals surface area (Å²) in [5.41, 5.74) is 0.351. The van der Waals surface area contributed by atoms with Crippen molar-refractivity contribution >= 4 is 23.5 Å². The topological polar surface area (TPSA) is 65.9 Å². The number of aliphatic hydroxyl groups is 1. The molecule has 3 rings (SSSR count). The summed E-state index contributed by atoms with van der Waals surface area (Å²) in [4.78, 5) is 21.5. The number of ether oxygens (including phenoxy) is 1. The van der Waals surface area contributed by atoms with Crippen LogP contribution in [0.4, 0.5) is 10.6 Å². The predicted octanol–water partition coefficient (Wildman–Crippen LogP) is 3.68. The molecule has 3 heterocycles. The Balaban J connectivity index is 1.78. The van der Waals surface area contributed by atoms with Crippen LogP contribution < -0.4 is 4.90 Å². The van der Waals surface area contributed by atoms with Crippen molar-refractivity contribution in [1.29, 1.82) is 0 Å². The summed E-state index contributed by atoms with van der Waals surface area (Å²) >= 11 is 5.80. The number of rotatable bonds is 4. The number of anilines is 1. The fourth-order valence-electron chi connectivity index (χ4n) is 4.16. The van der Waals surface area contributed by atoms with Crippen LogP contribution >= 0.6 is 11.6 Å². The van der Waals surface area contributed by atoms with Crippen LogP contribution in [0.3, 0.4) is 0 Å². The average molecular weight is 410 g/mol. The molecular weight excluding hydrogens is 378 g/mol. The van der Waals surface area contributed by atoms with Crippen LogP contribution in [0.2, 0.25) is 0 Å². The Labute approximate surface area is 172 Å². The largest absolute Gasteiger partial charge is 0.444 e. The number of piperazine rings is 1. The van der Waals surface area contributed by atoms with Gasteiger partial charge >= 0.3 is 6.09 Å². The maximum Gasteiger partial charge on any atom is 0.410 e. The normalized spacial score (nSPS) is 23.8. The molecule has 2 aliphatic heterocycles. The number of fused-ring (bicyclic) bond motifs is 3. The number of aromatic nitrogens is 1. The molecule has 0 saturated carbocycles. The van der Waals surface area contributed by atoms with Gasteiger partial charge in [-0.2, -0.15) is 0 Å². The monoisotopic (exact) mass is 409 g/mol. The molecule has 1 aromatic rings. The molecule has 1 saturated heterocycles. The highest BCUT2D eigenvalue weighted by atomic mass is 35.5. The molecule has 0 spiro atoms. The summed E-state index contributed by atoms with van der Waals surface area (Å²) in [7, 11) is 0. The number of hydrogen-bond donors (Lipinski definition) is 1. The predicted molar refractivity (Wildman–Crippen MR) is 111 cm³/mol. The molecule has 1 amide bonds. The maximum atomic E-state index is 12.5. The van der Waals surface area contributed by atoms with Crippen LogP contribution in [0.1, 0.15) is 58.7 Å². The van der Waals surface area contributed by atoms with Crippen molar-refractivity contribution in [1.82, 2.24) is 9.88 Å². The van der Waals surface area contributed by atoms with E-state index in [9.17, 15) is 9.90 Å². The lowest BCUT2D eigenvalue weighted by Gasteiger charge is -2.43. The second-order valence-electron chi connectivity index (χ2n) is 9.25. The Kier molecular flexibility index (Phi) is 5.84. The molecule has 156 valence electrons. The van der Waals surface area contributed by atoms with E-state index < -0.39 is 11.2 Å². The lowest BCUT2D eigenvalue weighted by Crippen LogP contribution is -2.58. The molecule has 0 aromatic carbocycles. The van der Waals surface area contributed by atoms with Gasteiger partial charge in [0.1, 0.15) is 17.0 Å². The highest BCUT2D eigenvalue weighted by Crippen LogP contribution is 2.37. The van der Waals surface area contributed by atoms with Gasteiger partial charge in [-0.15, -0.1) is 11.6 Å². The lowest BCUT2D eigenvalue weighted by molar-refractivity contribution is 0.0191. The average Bonchev–Trinajstić information content (AvgIpc) is 2.96. The molecule has 0 unspecified atom stereocenters. The Morgan fingerprint density at radius 2 is 2.04 bits per heavy atom. The van der Waals surface area contributed by atoms with Gasteiger partial charge in [-0.05, 0) is 65.5 Å². The van der Waals surface area contributed by atoms with Crippen LogP contribution in [0, 0.1) is 0 Å². The zero-order valence-corrected chi connectivity index (χ0v) is 18.3. The standard InChI is InChI=1S/C21H32ClN3O3/c1-14-12-24(19(26)28-20(2,3)4)13-16-11-15-7-8-17(23-18(15)25(14)16)21(5,27)9-6-10-22/h7-8,14,16,27H,6,9-13H2,1-5H3/t14-,16-,21+/m1/s1. The summed E-state index contributed by atoms with van der Waals surface area (Å²) in [6.07, 6.45) is 1.90. The molecule has 28 heavy (non-hydrogen) atoms. The van der Waals surface area contributed by atoms with Crippen molar-refractivity contribution < 1.29 is 14.6 Å². The number of nitrogens with zero attached hydrogens (tertiary/aromatic N) is 3. The maximum absolute atomic E-state index is 12.5. The summed E-state index contributed by atoms with van der Waals surface area (Å²) in [5.74, 6) is 1.46. The lowest BCUT2D eigenvalue weighted by atomic mass is 9.95. The van der Waals surface area contributed by atoms with E-state index in [2.05, 4.69) is 17.9 Å². The van der Waals surface area contributed by atoms with E-state index in [1.165, 1.54) is 5.56 Å². The molecule has 0 aliphatic carbocycles. The third kappa shape index (κ3) is 4.38. The smallest absolute Gasteiger partial charge is 0.410 e. The van der Waals surface area contributed by atoms with Gasteiger partial charge in [0.2, 0.25) is 0 Å². The van der Waals surface area contributed by atoms with Gasteiger partial charge in [0.25, 0.3) is 0 Å². The highest BCUT2D eigenvalue weighted by Gasteiger charge is 2.42. The number of hydrogen-bond acceptors (Lipinski definition) is 5. The van der Waals surface area contributed by atoms with E-state index in [1.54, 1.807) is 11.8 Å². The van der Waals surface area contributed by atoms with Crippen LogP contribution in [0.15, 0.2) is 12.1 Å². The van der Waals surface area contributed by atoms with Gasteiger partial charge in [0, 0.05) is 25.0 Å². The molecule has 1 N–H and O–H groups in total. The molecule has 1 fully saturated rings. The van der Waals surface area contributed by atoms with Crippen LogP contribution in [-0.2, 0) is 16.8 Å². The Hall–Kier alpha value is -1.53. The zero-order valence-electron chi connectivity index (χ0n) is 17.5. The number of alkyl halides is 1. The Bertz CT molecular complexity index is 732. The van der Waals surface area contributed by atoms with Crippen molar-refractivity contribution in [3.05, 3.63) is 23.4 Å². The molecule has 1 aromatic heterocycles. The third-order valence-corrected chi connectivity index (χ3v) is 5.71. The van der Waals surface area contributed by atoms with E-state index in [0.29, 0.717) is 31.1 Å². The van der Waals surface area contributed by atoms with Crippen LogP contribution in [-0.4, -0.2) is 57.7 Å². The minimum Gasteiger partial charge on any atom is -0.444 e. The first kappa shape index (κ1) is 21.2. The summed E-state index contributed by atoms with van der Waals surface area (Å²) in [6.45, 7) is 10.8. The third-order valence-electron chi connectivity index (χ3n) is 5.44. The Morgan fingerprint density at radius 1 is 1.32 bits per heavy atom. The van der Waals surface area contributed by atoms with E-state index in [0.717, 1.165) is 18.7 Å². The number of amides is 1. The molecule has 6 nitrogen and oxygen atoms in total. The Morgan fingerprint density at radius 3 is 2.68 bits per heavy atom. The van der Waals surface area contributed by atoms with Gasteiger partial charge in [-0.3, -0.25) is 0 Å². The molecule has 0 bridgehead atoms. The van der Waals surface area contributed by atoms with Crippen molar-refractivity contribution in [2.45, 2.75) is 77.2 Å². The number of halogens is 1. The van der Waals surface area contributed by atoms with Gasteiger partial charge in [0.05, 0.1) is 11.7 Å². The zero-order chi connectivity index (χ0) is 20.7. The van der Waals surface area contributed by atoms with Crippen LogP contribution in [0.25, 0.3) is 0 Å². The van der Waals surface area contributed by atoms with Gasteiger partial charge in [-0.1, -0.05) is 6.07 Å². The van der Waals surface area contributed by atoms with E-state index in [-0.39, 0.29) is 18.2 Å². The fourth-order valence-corrected chi connectivity index (χ4v) is 4.29. The van der Waals surface area contributed by atoms with Crippen molar-refractivity contribution in [3.8, 4) is 0 Å². The molecule has 7 heteroatoms. The summed E-state index contributed by atoms with van der Waals surface area (Å²) in [6, 6.07) is 4.29. The van der Waals surface area contributed by atoms with Crippen molar-refractivity contribution in [3.63, 3.8) is 0 Å². The minimum atomic E-state index is -0.996. The number of pyridine rings is 1. The fraction of sp³-hybridized carbons (Fsp3) is 0.714. The van der Waals surface area contributed by atoms with Gasteiger partial charge in [-0.25, -0.2) is 9.78 Å². The van der Waals surface area contributed by atoms with Gasteiger partial charge in [0.15, 0.2) is 0 Å². The second-order valence-corrected chi connectivity index (χ2v) is 9.62. The molecule has 0 radical (unpaired) electrons. The summed E-state index contributed by atoms with van der Waals surface area (Å²) in [5, 5.41) is 10.8. The SMILES string of the molecule is C[C@@H]1CN(C(=O)OC(C)(C)C)C[C@H]2Cc3ccc([C@@](C)(O)CCCCl)nc3N21. The molecule has 3 atom stereocenters. The van der Waals surface area contributed by atoms with Gasteiger partial charge < -0.3 is 19.6 Å². The first-order valence-corrected chi connectivity index (χ1v) is 10.6. The van der Waals surface area contributed by atoms with Crippen molar-refractivity contribution in [2.75, 3.05) is 23.9 Å². The quantitative estimate of drug-likeness (QED) is 0.768. The first-order valence-electron chi connectivity index (χ1n) is 10.1. The van der Waals surface area contributed by atoms with E-state index in [4.69, 9.17) is 21.3 Å². The number of carbonyl (C=O) groups excluding carboxylic acids is 1. The first-order chi connectivity index (χ1) is 13.0. The molecular formula is C21H32ClN3O3. The molecule has 2 aliphatic rings.